The minimum absolute atomic E-state index is 0.741. The fourth-order valence-electron chi connectivity index (χ4n) is 3.63. The average Bonchev–Trinajstić information content (AvgIpc) is 2.99. The van der Waals surface area contributed by atoms with E-state index < -0.39 is 0 Å². The third-order valence-corrected chi connectivity index (χ3v) is 6.68. The predicted molar refractivity (Wildman–Crippen MR) is 119 cm³/mol. The molecular weight excluding hydrogens is 395 g/mol. The number of nitrogens with zero attached hydrogens (tertiary/aromatic N) is 2. The minimum Gasteiger partial charge on any atom is -0.312 e. The first-order valence-corrected chi connectivity index (χ1v) is 11.1. The van der Waals surface area contributed by atoms with Crippen molar-refractivity contribution in [3.8, 4) is 16.9 Å². The number of aromatic nitrogens is 1. The largest absolute Gasteiger partial charge is 0.312 e. The van der Waals surface area contributed by atoms with E-state index in [1.165, 1.54) is 22.8 Å². The molecule has 1 aliphatic heterocycles. The zero-order chi connectivity index (χ0) is 18.8. The minimum atomic E-state index is 0.741. The molecule has 2 heterocycles. The van der Waals surface area contributed by atoms with Gasteiger partial charge >= 0.3 is 0 Å². The molecule has 27 heavy (non-hydrogen) atoms. The number of para-hydroxylation sites is 1. The first-order valence-electron chi connectivity index (χ1n) is 9.16. The van der Waals surface area contributed by atoms with E-state index in [2.05, 4.69) is 34.6 Å². The molecule has 0 unspecified atom stereocenters. The van der Waals surface area contributed by atoms with Gasteiger partial charge in [0.25, 0.3) is 0 Å². The Morgan fingerprint density at radius 3 is 2.30 bits per heavy atom. The lowest BCUT2D eigenvalue weighted by molar-refractivity contribution is 0.294. The summed E-state index contributed by atoms with van der Waals surface area (Å²) < 4.78 is 2.25. The summed E-state index contributed by atoms with van der Waals surface area (Å²) in [6.07, 6.45) is 0. The molecule has 0 spiro atoms. The second-order valence-corrected chi connectivity index (χ2v) is 8.83. The molecule has 0 radical (unpaired) electrons. The van der Waals surface area contributed by atoms with Gasteiger partial charge in [-0.25, -0.2) is 0 Å². The van der Waals surface area contributed by atoms with Crippen LogP contribution in [0.15, 0.2) is 54.6 Å². The van der Waals surface area contributed by atoms with Crippen LogP contribution in [-0.2, 0) is 6.54 Å². The number of thioether (sulfide) groups is 1. The number of hydrogen-bond donors (Lipinski definition) is 0. The molecule has 5 heteroatoms. The molecule has 4 rings (SSSR count). The van der Waals surface area contributed by atoms with Crippen LogP contribution < -0.4 is 0 Å². The molecule has 0 saturated carbocycles. The molecule has 1 aliphatic rings. The Hall–Kier alpha value is -1.39. The predicted octanol–water partition coefficient (Wildman–Crippen LogP) is 6.31. The van der Waals surface area contributed by atoms with Gasteiger partial charge in [-0.1, -0.05) is 53.5 Å². The molecule has 2 aromatic carbocycles. The Labute approximate surface area is 175 Å². The fraction of sp³-hybridized carbons (Fsp3) is 0.273. The maximum absolute atomic E-state index is 6.56. The summed E-state index contributed by atoms with van der Waals surface area (Å²) in [6.45, 7) is 5.42. The summed E-state index contributed by atoms with van der Waals surface area (Å²) in [5.74, 6) is 2.42. The normalized spacial score (nSPS) is 15.2. The van der Waals surface area contributed by atoms with Crippen LogP contribution in [0.1, 0.15) is 11.3 Å². The molecule has 0 bridgehead atoms. The van der Waals surface area contributed by atoms with Crippen molar-refractivity contribution in [1.82, 2.24) is 9.47 Å². The van der Waals surface area contributed by atoms with Crippen molar-refractivity contribution >= 4 is 35.0 Å². The van der Waals surface area contributed by atoms with Crippen LogP contribution in [0, 0.1) is 6.92 Å². The molecule has 1 saturated heterocycles. The number of benzene rings is 2. The van der Waals surface area contributed by atoms with E-state index in [4.69, 9.17) is 23.2 Å². The lowest BCUT2D eigenvalue weighted by Crippen LogP contribution is -2.32. The number of rotatable bonds is 4. The maximum atomic E-state index is 6.56. The van der Waals surface area contributed by atoms with Crippen LogP contribution in [0.4, 0.5) is 0 Å². The SMILES string of the molecule is Cc1c(CN2CCSCC2)cc(-c2ccccc2Cl)n1-c1ccccc1Cl. The standard InChI is InChI=1S/C22H22Cl2N2S/c1-16-17(15-25-10-12-27-13-11-25)14-22(18-6-2-3-7-19(18)23)26(16)21-9-5-4-8-20(21)24/h2-9,14H,10-13,15H2,1H3. The fourth-order valence-corrected chi connectivity index (χ4v) is 5.06. The Morgan fingerprint density at radius 2 is 1.59 bits per heavy atom. The second-order valence-electron chi connectivity index (χ2n) is 6.80. The summed E-state index contributed by atoms with van der Waals surface area (Å²) in [5.41, 5.74) is 5.66. The molecule has 1 fully saturated rings. The van der Waals surface area contributed by atoms with Gasteiger partial charge in [-0.15, -0.1) is 0 Å². The molecular formula is C22H22Cl2N2S. The van der Waals surface area contributed by atoms with E-state index in [1.54, 1.807) is 0 Å². The molecule has 0 amide bonds. The molecule has 0 atom stereocenters. The van der Waals surface area contributed by atoms with E-state index in [-0.39, 0.29) is 0 Å². The molecule has 0 N–H and O–H groups in total. The van der Waals surface area contributed by atoms with Crippen molar-refractivity contribution < 1.29 is 0 Å². The van der Waals surface area contributed by atoms with Crippen molar-refractivity contribution in [2.75, 3.05) is 24.6 Å². The average molecular weight is 417 g/mol. The highest BCUT2D eigenvalue weighted by Crippen LogP contribution is 2.36. The van der Waals surface area contributed by atoms with Crippen LogP contribution >= 0.6 is 35.0 Å². The highest BCUT2D eigenvalue weighted by atomic mass is 35.5. The first kappa shape index (κ1) is 18.9. The van der Waals surface area contributed by atoms with E-state index in [0.29, 0.717) is 0 Å². The van der Waals surface area contributed by atoms with Gasteiger partial charge in [-0.05, 0) is 36.8 Å². The Balaban J connectivity index is 1.85. The molecule has 0 aliphatic carbocycles. The summed E-state index contributed by atoms with van der Waals surface area (Å²) in [6, 6.07) is 18.3. The van der Waals surface area contributed by atoms with Gasteiger partial charge in [0.05, 0.1) is 16.4 Å². The van der Waals surface area contributed by atoms with E-state index in [0.717, 1.165) is 46.6 Å². The van der Waals surface area contributed by atoms with Crippen LogP contribution in [0.2, 0.25) is 10.0 Å². The third kappa shape index (κ3) is 3.93. The van der Waals surface area contributed by atoms with Crippen LogP contribution in [-0.4, -0.2) is 34.1 Å². The molecule has 140 valence electrons. The van der Waals surface area contributed by atoms with E-state index in [9.17, 15) is 0 Å². The number of hydrogen-bond acceptors (Lipinski definition) is 2. The Kier molecular flexibility index (Phi) is 5.84. The monoisotopic (exact) mass is 416 g/mol. The van der Waals surface area contributed by atoms with Crippen LogP contribution in [0.25, 0.3) is 16.9 Å². The maximum Gasteiger partial charge on any atom is 0.0646 e. The number of halogens is 2. The van der Waals surface area contributed by atoms with Crippen molar-refractivity contribution in [2.24, 2.45) is 0 Å². The quantitative estimate of drug-likeness (QED) is 0.492. The highest BCUT2D eigenvalue weighted by Gasteiger charge is 2.20. The van der Waals surface area contributed by atoms with Gasteiger partial charge in [0.15, 0.2) is 0 Å². The Morgan fingerprint density at radius 1 is 0.926 bits per heavy atom. The van der Waals surface area contributed by atoms with E-state index in [1.807, 2.05) is 48.2 Å². The second kappa shape index (κ2) is 8.32. The molecule has 1 aromatic heterocycles. The topological polar surface area (TPSA) is 8.17 Å². The third-order valence-electron chi connectivity index (χ3n) is 5.09. The smallest absolute Gasteiger partial charge is 0.0646 e. The molecule has 2 nitrogen and oxygen atoms in total. The molecule has 3 aromatic rings. The lowest BCUT2D eigenvalue weighted by atomic mass is 10.1. The zero-order valence-corrected chi connectivity index (χ0v) is 17.6. The van der Waals surface area contributed by atoms with Crippen molar-refractivity contribution in [2.45, 2.75) is 13.5 Å². The summed E-state index contributed by atoms with van der Waals surface area (Å²) in [7, 11) is 0. The Bertz CT molecular complexity index is 945. The van der Waals surface area contributed by atoms with Gasteiger partial charge in [0, 0.05) is 47.4 Å². The van der Waals surface area contributed by atoms with Crippen LogP contribution in [0.3, 0.4) is 0 Å². The van der Waals surface area contributed by atoms with E-state index >= 15 is 0 Å². The van der Waals surface area contributed by atoms with Crippen molar-refractivity contribution in [3.63, 3.8) is 0 Å². The summed E-state index contributed by atoms with van der Waals surface area (Å²) >= 11 is 15.2. The zero-order valence-electron chi connectivity index (χ0n) is 15.3. The summed E-state index contributed by atoms with van der Waals surface area (Å²) in [4.78, 5) is 2.53. The van der Waals surface area contributed by atoms with Crippen molar-refractivity contribution in [3.05, 3.63) is 75.9 Å². The lowest BCUT2D eigenvalue weighted by Gasteiger charge is -2.26. The summed E-state index contributed by atoms with van der Waals surface area (Å²) in [5, 5.41) is 1.50. The first-order chi connectivity index (χ1) is 13.1. The van der Waals surface area contributed by atoms with Crippen molar-refractivity contribution in [1.29, 1.82) is 0 Å². The highest BCUT2D eigenvalue weighted by molar-refractivity contribution is 7.99. The van der Waals surface area contributed by atoms with Gasteiger partial charge in [-0.2, -0.15) is 11.8 Å². The van der Waals surface area contributed by atoms with Crippen LogP contribution in [0.5, 0.6) is 0 Å². The van der Waals surface area contributed by atoms with Gasteiger partial charge < -0.3 is 4.57 Å². The van der Waals surface area contributed by atoms with Gasteiger partial charge in [0.1, 0.15) is 0 Å². The van der Waals surface area contributed by atoms with Gasteiger partial charge in [0.2, 0.25) is 0 Å². The van der Waals surface area contributed by atoms with Gasteiger partial charge in [-0.3, -0.25) is 4.90 Å².